The van der Waals surface area contributed by atoms with Crippen LogP contribution in [0, 0.1) is 18.3 Å². The number of aromatic hydroxyl groups is 1. The van der Waals surface area contributed by atoms with E-state index in [-0.39, 0.29) is 23.0 Å². The zero-order valence-corrected chi connectivity index (χ0v) is 15.6. The smallest absolute Gasteiger partial charge is 0.271 e. The van der Waals surface area contributed by atoms with Gasteiger partial charge >= 0.3 is 0 Å². The minimum atomic E-state index is -0.514. The lowest BCUT2D eigenvalue weighted by Crippen LogP contribution is -2.27. The Labute approximate surface area is 155 Å². The van der Waals surface area contributed by atoms with E-state index in [0.29, 0.717) is 27.7 Å². The summed E-state index contributed by atoms with van der Waals surface area (Å²) in [5.74, 6) is -0.234. The third-order valence-corrected chi connectivity index (χ3v) is 4.69. The molecule has 0 aliphatic rings. The third kappa shape index (κ3) is 3.55. The maximum atomic E-state index is 12.5. The van der Waals surface area contributed by atoms with Crippen LogP contribution in [0.25, 0.3) is 0 Å². The van der Waals surface area contributed by atoms with E-state index in [2.05, 4.69) is 4.99 Å². The van der Waals surface area contributed by atoms with Crippen LogP contribution in [0.15, 0.2) is 28.0 Å². The molecule has 0 aliphatic carbocycles. The minimum Gasteiger partial charge on any atom is -0.494 e. The van der Waals surface area contributed by atoms with Gasteiger partial charge < -0.3 is 5.11 Å². The molecule has 1 N–H and O–H groups in total. The Kier molecular flexibility index (Phi) is 5.89. The maximum absolute atomic E-state index is 12.5. The van der Waals surface area contributed by atoms with Gasteiger partial charge in [0, 0.05) is 12.3 Å². The van der Waals surface area contributed by atoms with Gasteiger partial charge in [-0.2, -0.15) is 5.26 Å². The highest BCUT2D eigenvalue weighted by molar-refractivity contribution is 6.38. The average molecular weight is 378 g/mol. The van der Waals surface area contributed by atoms with Crippen LogP contribution in [-0.2, 0) is 0 Å². The second-order valence-electron chi connectivity index (χ2n) is 5.61. The Balaban J connectivity index is 2.72. The van der Waals surface area contributed by atoms with Crippen molar-refractivity contribution in [3.8, 4) is 11.9 Å². The molecule has 0 aliphatic heterocycles. The molecule has 0 bridgehead atoms. The number of aliphatic imine (C=N–C) groups is 1. The first-order valence-corrected chi connectivity index (χ1v) is 8.45. The van der Waals surface area contributed by atoms with Gasteiger partial charge in [-0.15, -0.1) is 0 Å². The van der Waals surface area contributed by atoms with Crippen LogP contribution >= 0.6 is 23.2 Å². The summed E-state index contributed by atoms with van der Waals surface area (Å²) in [5.41, 5.74) is 0.456. The van der Waals surface area contributed by atoms with Crippen molar-refractivity contribution < 1.29 is 5.11 Å². The first kappa shape index (κ1) is 19.0. The monoisotopic (exact) mass is 377 g/mol. The molecule has 1 unspecified atom stereocenters. The number of para-hydroxylation sites is 1. The first-order chi connectivity index (χ1) is 11.8. The predicted octanol–water partition coefficient (Wildman–Crippen LogP) is 4.76. The number of nitriles is 1. The Morgan fingerprint density at radius 1 is 1.40 bits per heavy atom. The van der Waals surface area contributed by atoms with Gasteiger partial charge in [0.25, 0.3) is 5.56 Å². The standard InChI is InChI=1S/C18H17Cl2N3O2/c1-4-10(2)23-17(24)12(8-21)11(3)13(18(23)25)9-22-16-14(19)6-5-7-15(16)20/h5-7,9-10,25H,4H2,1-3H3. The lowest BCUT2D eigenvalue weighted by molar-refractivity contribution is 0.372. The Morgan fingerprint density at radius 2 is 2.00 bits per heavy atom. The Hall–Kier alpha value is -2.29. The van der Waals surface area contributed by atoms with E-state index in [9.17, 15) is 15.2 Å². The Morgan fingerprint density at radius 3 is 2.52 bits per heavy atom. The number of aromatic nitrogens is 1. The average Bonchev–Trinajstić information content (AvgIpc) is 2.57. The van der Waals surface area contributed by atoms with E-state index >= 15 is 0 Å². The van der Waals surface area contributed by atoms with Crippen molar-refractivity contribution in [2.75, 3.05) is 0 Å². The number of hydrogen-bond acceptors (Lipinski definition) is 4. The number of hydrogen-bond donors (Lipinski definition) is 1. The highest BCUT2D eigenvalue weighted by atomic mass is 35.5. The molecule has 1 aromatic carbocycles. The van der Waals surface area contributed by atoms with Gasteiger partial charge in [0.15, 0.2) is 0 Å². The predicted molar refractivity (Wildman–Crippen MR) is 101 cm³/mol. The fraction of sp³-hybridized carbons (Fsp3) is 0.278. The van der Waals surface area contributed by atoms with Crippen molar-refractivity contribution in [2.45, 2.75) is 33.2 Å². The molecule has 0 spiro atoms. The summed E-state index contributed by atoms with van der Waals surface area (Å²) >= 11 is 12.2. The topological polar surface area (TPSA) is 78.4 Å². The van der Waals surface area contributed by atoms with E-state index in [0.717, 1.165) is 0 Å². The van der Waals surface area contributed by atoms with E-state index in [1.165, 1.54) is 10.8 Å². The van der Waals surface area contributed by atoms with Gasteiger partial charge in [0.1, 0.15) is 17.3 Å². The quantitative estimate of drug-likeness (QED) is 0.779. The SMILES string of the molecule is CCC(C)n1c(O)c(C=Nc2c(Cl)cccc2Cl)c(C)c(C#N)c1=O. The van der Waals surface area contributed by atoms with E-state index in [1.807, 2.05) is 13.0 Å². The number of nitrogens with zero attached hydrogens (tertiary/aromatic N) is 3. The van der Waals surface area contributed by atoms with Gasteiger partial charge in [-0.3, -0.25) is 14.4 Å². The summed E-state index contributed by atoms with van der Waals surface area (Å²) in [6.07, 6.45) is 1.99. The zero-order chi connectivity index (χ0) is 18.7. The van der Waals surface area contributed by atoms with Crippen LogP contribution in [0.3, 0.4) is 0 Å². The summed E-state index contributed by atoms with van der Waals surface area (Å²) in [5, 5.41) is 20.6. The van der Waals surface area contributed by atoms with Gasteiger partial charge in [0.05, 0.1) is 15.6 Å². The zero-order valence-electron chi connectivity index (χ0n) is 14.0. The molecule has 0 saturated heterocycles. The molecule has 2 aromatic rings. The van der Waals surface area contributed by atoms with E-state index in [1.54, 1.807) is 32.0 Å². The molecular weight excluding hydrogens is 361 g/mol. The molecule has 0 fully saturated rings. The van der Waals surface area contributed by atoms with E-state index in [4.69, 9.17) is 23.2 Å². The molecule has 0 saturated carbocycles. The summed E-state index contributed by atoms with van der Waals surface area (Å²) in [6, 6.07) is 6.64. The summed E-state index contributed by atoms with van der Waals surface area (Å²) < 4.78 is 1.21. The van der Waals surface area contributed by atoms with Gasteiger partial charge in [-0.25, -0.2) is 0 Å². The minimum absolute atomic E-state index is 0.0233. The fourth-order valence-electron chi connectivity index (χ4n) is 2.43. The van der Waals surface area contributed by atoms with Crippen LogP contribution in [-0.4, -0.2) is 15.9 Å². The largest absolute Gasteiger partial charge is 0.494 e. The molecule has 7 heteroatoms. The van der Waals surface area contributed by atoms with Crippen LogP contribution in [0.4, 0.5) is 5.69 Å². The molecule has 25 heavy (non-hydrogen) atoms. The van der Waals surface area contributed by atoms with Gasteiger partial charge in [0.2, 0.25) is 5.88 Å². The van der Waals surface area contributed by atoms with Gasteiger partial charge in [-0.05, 0) is 38.0 Å². The molecule has 1 aromatic heterocycles. The molecule has 0 amide bonds. The lowest BCUT2D eigenvalue weighted by atomic mass is 10.0. The van der Waals surface area contributed by atoms with Crippen molar-refractivity contribution in [3.05, 3.63) is 55.3 Å². The Bertz CT molecular complexity index is 923. The highest BCUT2D eigenvalue weighted by Gasteiger charge is 2.20. The van der Waals surface area contributed by atoms with Crippen molar-refractivity contribution >= 4 is 35.1 Å². The molecular formula is C18H17Cl2N3O2. The van der Waals surface area contributed by atoms with Crippen LogP contribution in [0.2, 0.25) is 10.0 Å². The highest BCUT2D eigenvalue weighted by Crippen LogP contribution is 2.33. The molecule has 1 heterocycles. The van der Waals surface area contributed by atoms with Crippen LogP contribution in [0.5, 0.6) is 5.88 Å². The summed E-state index contributed by atoms with van der Waals surface area (Å²) in [7, 11) is 0. The molecule has 2 rings (SSSR count). The molecule has 1 atom stereocenters. The number of pyridine rings is 1. The summed E-state index contributed by atoms with van der Waals surface area (Å²) in [4.78, 5) is 16.7. The maximum Gasteiger partial charge on any atom is 0.271 e. The molecule has 0 radical (unpaired) electrons. The van der Waals surface area contributed by atoms with Crippen molar-refractivity contribution in [3.63, 3.8) is 0 Å². The molecule has 5 nitrogen and oxygen atoms in total. The van der Waals surface area contributed by atoms with Crippen molar-refractivity contribution in [1.29, 1.82) is 5.26 Å². The number of rotatable bonds is 4. The molecule has 130 valence electrons. The van der Waals surface area contributed by atoms with Crippen LogP contribution in [0.1, 0.15) is 43.0 Å². The summed E-state index contributed by atoms with van der Waals surface area (Å²) in [6.45, 7) is 5.28. The van der Waals surface area contributed by atoms with Crippen LogP contribution < -0.4 is 5.56 Å². The third-order valence-electron chi connectivity index (χ3n) is 4.08. The first-order valence-electron chi connectivity index (χ1n) is 7.69. The van der Waals surface area contributed by atoms with Crippen molar-refractivity contribution in [1.82, 2.24) is 4.57 Å². The fourth-order valence-corrected chi connectivity index (χ4v) is 2.92. The normalized spacial score (nSPS) is 12.3. The number of halogens is 2. The second-order valence-corrected chi connectivity index (χ2v) is 6.42. The number of benzene rings is 1. The lowest BCUT2D eigenvalue weighted by Gasteiger charge is -2.18. The van der Waals surface area contributed by atoms with Gasteiger partial charge in [-0.1, -0.05) is 36.2 Å². The second kappa shape index (κ2) is 7.73. The van der Waals surface area contributed by atoms with Crippen molar-refractivity contribution in [2.24, 2.45) is 4.99 Å². The van der Waals surface area contributed by atoms with E-state index < -0.39 is 5.56 Å².